The zero-order valence-corrected chi connectivity index (χ0v) is 21.6. The summed E-state index contributed by atoms with van der Waals surface area (Å²) >= 11 is 0. The lowest BCUT2D eigenvalue weighted by Crippen LogP contribution is -2.35. The van der Waals surface area contributed by atoms with Crippen LogP contribution in [-0.4, -0.2) is 27.4 Å². The lowest BCUT2D eigenvalue weighted by Gasteiger charge is -2.28. The Kier molecular flexibility index (Phi) is 6.37. The van der Waals surface area contributed by atoms with Crippen LogP contribution in [0, 0.1) is 13.8 Å². The van der Waals surface area contributed by atoms with Crippen LogP contribution in [0.5, 0.6) is 0 Å². The maximum Gasteiger partial charge on any atom is 0.266 e. The van der Waals surface area contributed by atoms with Gasteiger partial charge >= 0.3 is 0 Å². The van der Waals surface area contributed by atoms with E-state index in [1.165, 1.54) is 5.56 Å². The maximum atomic E-state index is 13.7. The van der Waals surface area contributed by atoms with Gasteiger partial charge in [0.05, 0.1) is 22.6 Å². The predicted octanol–water partition coefficient (Wildman–Crippen LogP) is 6.13. The second-order valence-electron chi connectivity index (χ2n) is 10.3. The van der Waals surface area contributed by atoms with Crippen LogP contribution in [0.15, 0.2) is 71.5 Å². The van der Waals surface area contributed by atoms with Gasteiger partial charge in [-0.2, -0.15) is 0 Å². The van der Waals surface area contributed by atoms with Crippen molar-refractivity contribution in [3.8, 4) is 5.69 Å². The van der Waals surface area contributed by atoms with E-state index in [-0.39, 0.29) is 16.9 Å². The van der Waals surface area contributed by atoms with E-state index in [1.807, 2.05) is 75.4 Å². The van der Waals surface area contributed by atoms with Crippen molar-refractivity contribution < 1.29 is 4.79 Å². The Labute approximate surface area is 207 Å². The molecule has 0 bridgehead atoms. The normalized spacial score (nSPS) is 12.5. The lowest BCUT2D eigenvalue weighted by atomic mass is 9.86. The van der Waals surface area contributed by atoms with Gasteiger partial charge in [0.2, 0.25) is 0 Å². The van der Waals surface area contributed by atoms with E-state index < -0.39 is 6.04 Å². The highest BCUT2D eigenvalue weighted by Gasteiger charge is 2.26. The fourth-order valence-electron chi connectivity index (χ4n) is 4.38. The van der Waals surface area contributed by atoms with Crippen LogP contribution < -0.4 is 5.56 Å². The van der Waals surface area contributed by atoms with E-state index in [0.717, 1.165) is 16.8 Å². The molecule has 5 heteroatoms. The summed E-state index contributed by atoms with van der Waals surface area (Å²) in [4.78, 5) is 33.7. The summed E-state index contributed by atoms with van der Waals surface area (Å²) in [6, 6.07) is 20.7. The number of nitrogens with zero attached hydrogens (tertiary/aromatic N) is 3. The van der Waals surface area contributed by atoms with Crippen LogP contribution in [0.1, 0.15) is 66.6 Å². The van der Waals surface area contributed by atoms with Crippen molar-refractivity contribution in [2.45, 2.75) is 53.0 Å². The van der Waals surface area contributed by atoms with E-state index in [0.29, 0.717) is 22.3 Å². The van der Waals surface area contributed by atoms with Gasteiger partial charge in [-0.25, -0.2) is 4.98 Å². The van der Waals surface area contributed by atoms with Crippen molar-refractivity contribution in [1.82, 2.24) is 14.5 Å². The molecule has 1 atom stereocenters. The molecule has 0 spiro atoms. The average Bonchev–Trinajstić information content (AvgIpc) is 2.83. The van der Waals surface area contributed by atoms with Crippen LogP contribution >= 0.6 is 0 Å². The molecule has 1 amide bonds. The van der Waals surface area contributed by atoms with Crippen molar-refractivity contribution in [2.24, 2.45) is 0 Å². The van der Waals surface area contributed by atoms with Crippen molar-refractivity contribution in [3.63, 3.8) is 0 Å². The molecule has 0 saturated carbocycles. The third kappa shape index (κ3) is 4.63. The first-order chi connectivity index (χ1) is 16.5. The lowest BCUT2D eigenvalue weighted by molar-refractivity contribution is 0.0735. The van der Waals surface area contributed by atoms with Crippen molar-refractivity contribution >= 4 is 16.8 Å². The van der Waals surface area contributed by atoms with Gasteiger partial charge in [-0.15, -0.1) is 0 Å². The maximum absolute atomic E-state index is 13.7. The molecule has 1 heterocycles. The van der Waals surface area contributed by atoms with E-state index in [9.17, 15) is 9.59 Å². The summed E-state index contributed by atoms with van der Waals surface area (Å²) < 4.78 is 1.66. The van der Waals surface area contributed by atoms with Gasteiger partial charge in [0, 0.05) is 12.6 Å². The van der Waals surface area contributed by atoms with Crippen LogP contribution in [0.25, 0.3) is 16.6 Å². The number of carbonyl (C=O) groups excluding carboxylic acids is 1. The van der Waals surface area contributed by atoms with Crippen LogP contribution in [0.4, 0.5) is 0 Å². The number of aryl methyl sites for hydroxylation is 2. The van der Waals surface area contributed by atoms with Gasteiger partial charge < -0.3 is 4.90 Å². The molecule has 0 N–H and O–H groups in total. The van der Waals surface area contributed by atoms with Gasteiger partial charge in [0.1, 0.15) is 5.82 Å². The monoisotopic (exact) mass is 467 g/mol. The Balaban J connectivity index is 1.82. The summed E-state index contributed by atoms with van der Waals surface area (Å²) in [7, 11) is 1.76. The first-order valence-electron chi connectivity index (χ1n) is 12.0. The van der Waals surface area contributed by atoms with Crippen LogP contribution in [0.2, 0.25) is 0 Å². The molecule has 0 aliphatic carbocycles. The Morgan fingerprint density at radius 3 is 2.26 bits per heavy atom. The summed E-state index contributed by atoms with van der Waals surface area (Å²) in [5.74, 6) is 0.412. The van der Waals surface area contributed by atoms with Gasteiger partial charge in [0.15, 0.2) is 0 Å². The highest BCUT2D eigenvalue weighted by molar-refractivity contribution is 5.94. The Morgan fingerprint density at radius 2 is 1.63 bits per heavy atom. The number of benzene rings is 3. The smallest absolute Gasteiger partial charge is 0.266 e. The van der Waals surface area contributed by atoms with Crippen molar-refractivity contribution in [3.05, 3.63) is 105 Å². The van der Waals surface area contributed by atoms with Crippen LogP contribution in [0.3, 0.4) is 0 Å². The zero-order chi connectivity index (χ0) is 25.5. The first kappa shape index (κ1) is 24.4. The summed E-state index contributed by atoms with van der Waals surface area (Å²) in [6.45, 7) is 12.4. The molecule has 1 unspecified atom stereocenters. The van der Waals surface area contributed by atoms with Crippen molar-refractivity contribution in [2.75, 3.05) is 7.05 Å². The summed E-state index contributed by atoms with van der Waals surface area (Å²) in [5, 5.41) is 0.551. The van der Waals surface area contributed by atoms with Gasteiger partial charge in [-0.3, -0.25) is 14.2 Å². The number of carbonyl (C=O) groups is 1. The summed E-state index contributed by atoms with van der Waals surface area (Å²) in [6.07, 6.45) is 0. The van der Waals surface area contributed by atoms with Gasteiger partial charge in [0.25, 0.3) is 11.5 Å². The molecule has 180 valence electrons. The fourth-order valence-corrected chi connectivity index (χ4v) is 4.38. The molecule has 1 aromatic heterocycles. The van der Waals surface area contributed by atoms with Gasteiger partial charge in [-0.1, -0.05) is 62.7 Å². The van der Waals surface area contributed by atoms with E-state index in [1.54, 1.807) is 22.6 Å². The third-order valence-electron chi connectivity index (χ3n) is 6.67. The number of hydrogen-bond acceptors (Lipinski definition) is 3. The molecule has 35 heavy (non-hydrogen) atoms. The highest BCUT2D eigenvalue weighted by Crippen LogP contribution is 2.26. The standard InChI is InChI=1S/C30H33N3O2/c1-19-12-17-26(20(2)18-19)33-27(31-25-11-9-8-10-24(25)29(33)35)21(3)32(7)28(34)22-13-15-23(16-14-22)30(4,5)6/h8-18,21H,1-7H3. The minimum absolute atomic E-state index is 0.0117. The van der Waals surface area contributed by atoms with E-state index in [4.69, 9.17) is 4.98 Å². The SMILES string of the molecule is Cc1ccc(-n2c(C(C)N(C)C(=O)c3ccc(C(C)(C)C)cc3)nc3ccccc3c2=O)c(C)c1. The Morgan fingerprint density at radius 1 is 0.971 bits per heavy atom. The first-order valence-corrected chi connectivity index (χ1v) is 12.0. The molecule has 4 aromatic rings. The quantitative estimate of drug-likeness (QED) is 0.363. The van der Waals surface area contributed by atoms with E-state index >= 15 is 0 Å². The Bertz CT molecular complexity index is 1460. The highest BCUT2D eigenvalue weighted by atomic mass is 16.2. The molecule has 3 aromatic carbocycles. The van der Waals surface area contributed by atoms with Gasteiger partial charge in [-0.05, 0) is 67.6 Å². The molecule has 0 radical (unpaired) electrons. The zero-order valence-electron chi connectivity index (χ0n) is 21.6. The number of amides is 1. The molecular weight excluding hydrogens is 434 g/mol. The molecule has 0 saturated heterocycles. The minimum Gasteiger partial charge on any atom is -0.332 e. The number of hydrogen-bond donors (Lipinski definition) is 0. The van der Waals surface area contributed by atoms with E-state index in [2.05, 4.69) is 26.8 Å². The second kappa shape index (κ2) is 9.14. The second-order valence-corrected chi connectivity index (χ2v) is 10.3. The molecule has 0 fully saturated rings. The van der Waals surface area contributed by atoms with Crippen molar-refractivity contribution in [1.29, 1.82) is 0 Å². The summed E-state index contributed by atoms with van der Waals surface area (Å²) in [5.41, 5.74) is 5.14. The topological polar surface area (TPSA) is 55.2 Å². The number of fused-ring (bicyclic) bond motifs is 1. The minimum atomic E-state index is -0.442. The molecule has 0 aliphatic heterocycles. The fraction of sp³-hybridized carbons (Fsp3) is 0.300. The predicted molar refractivity (Wildman–Crippen MR) is 142 cm³/mol. The number of para-hydroxylation sites is 1. The molecule has 4 rings (SSSR count). The third-order valence-corrected chi connectivity index (χ3v) is 6.67. The number of aromatic nitrogens is 2. The Hall–Kier alpha value is -3.73. The molecule has 5 nitrogen and oxygen atoms in total. The average molecular weight is 468 g/mol. The van der Waals surface area contributed by atoms with Crippen LogP contribution in [-0.2, 0) is 5.41 Å². The number of rotatable bonds is 4. The largest absolute Gasteiger partial charge is 0.332 e. The molecule has 0 aliphatic rings. The molecular formula is C30H33N3O2.